The Bertz CT molecular complexity index is 957. The van der Waals surface area contributed by atoms with Gasteiger partial charge >= 0.3 is 5.97 Å². The molecule has 0 saturated carbocycles. The van der Waals surface area contributed by atoms with Gasteiger partial charge in [0.25, 0.3) is 0 Å². The molecule has 0 aromatic rings. The SMILES string of the molecule is CC/C=C/C/C=C/C/C=C/CCCCCCC(=O)OC(CCCCC/C=C\CCC)CC(=O)NC(CO)C(O)CCCCCCCCCCCCCCCC. The summed E-state index contributed by atoms with van der Waals surface area (Å²) >= 11 is 0. The number of aliphatic hydroxyl groups excluding tert-OH is 2. The van der Waals surface area contributed by atoms with Crippen molar-refractivity contribution in [3.05, 3.63) is 48.6 Å². The maximum atomic E-state index is 13.1. The van der Waals surface area contributed by atoms with Gasteiger partial charge in [-0.1, -0.05) is 185 Å². The van der Waals surface area contributed by atoms with Crippen LogP contribution in [0.25, 0.3) is 0 Å². The van der Waals surface area contributed by atoms with E-state index in [0.717, 1.165) is 109 Å². The number of ether oxygens (including phenoxy) is 1. The monoisotopic (exact) mass is 772 g/mol. The first kappa shape index (κ1) is 52.8. The summed E-state index contributed by atoms with van der Waals surface area (Å²) in [7, 11) is 0. The van der Waals surface area contributed by atoms with Crippen molar-refractivity contribution >= 4 is 11.9 Å². The van der Waals surface area contributed by atoms with E-state index in [1.165, 1.54) is 70.6 Å². The van der Waals surface area contributed by atoms with Crippen LogP contribution in [-0.2, 0) is 14.3 Å². The number of allylic oxidation sites excluding steroid dienone is 8. The standard InChI is InChI=1S/C49H89NO5/c1-4-7-10-13-16-19-21-23-25-27-29-32-35-38-41-47(52)46(44-51)50-48(53)43-45(40-37-34-31-18-15-12-9-6-3)55-49(54)42-39-36-33-30-28-26-24-22-20-17-14-11-8-5-2/h8,11-12,15,17,20,24,26,45-47,51-52H,4-7,9-10,13-14,16,18-19,21-23,25,27-44H2,1-3H3,(H,50,53)/b11-8+,15-12-,20-17+,26-24+. The Morgan fingerprint density at radius 3 is 1.60 bits per heavy atom. The molecule has 55 heavy (non-hydrogen) atoms. The van der Waals surface area contributed by atoms with E-state index < -0.39 is 18.2 Å². The minimum absolute atomic E-state index is 0.0567. The van der Waals surface area contributed by atoms with E-state index in [1.807, 2.05) is 0 Å². The number of carbonyl (C=O) groups excluding carboxylic acids is 2. The highest BCUT2D eigenvalue weighted by Gasteiger charge is 2.24. The Kier molecular flexibility index (Phi) is 41.2. The molecule has 3 N–H and O–H groups in total. The second-order valence-electron chi connectivity index (χ2n) is 15.8. The van der Waals surface area contributed by atoms with E-state index in [9.17, 15) is 19.8 Å². The highest BCUT2D eigenvalue weighted by Crippen LogP contribution is 2.17. The van der Waals surface area contributed by atoms with E-state index in [4.69, 9.17) is 4.74 Å². The van der Waals surface area contributed by atoms with Crippen molar-refractivity contribution in [2.75, 3.05) is 6.61 Å². The molecule has 0 spiro atoms. The van der Waals surface area contributed by atoms with Crippen LogP contribution in [0.2, 0.25) is 0 Å². The van der Waals surface area contributed by atoms with Crippen LogP contribution in [0.5, 0.6) is 0 Å². The van der Waals surface area contributed by atoms with Gasteiger partial charge in [-0.25, -0.2) is 0 Å². The van der Waals surface area contributed by atoms with Crippen LogP contribution in [-0.4, -0.2) is 46.9 Å². The van der Waals surface area contributed by atoms with Crippen LogP contribution in [0.3, 0.4) is 0 Å². The summed E-state index contributed by atoms with van der Waals surface area (Å²) in [5.41, 5.74) is 0. The quantitative estimate of drug-likeness (QED) is 0.0327. The average molecular weight is 772 g/mol. The van der Waals surface area contributed by atoms with E-state index in [1.54, 1.807) is 0 Å². The number of esters is 1. The van der Waals surface area contributed by atoms with Crippen LogP contribution < -0.4 is 5.32 Å². The summed E-state index contributed by atoms with van der Waals surface area (Å²) in [5, 5.41) is 23.6. The van der Waals surface area contributed by atoms with Crippen molar-refractivity contribution in [2.45, 2.75) is 244 Å². The van der Waals surface area contributed by atoms with E-state index >= 15 is 0 Å². The van der Waals surface area contributed by atoms with Crippen LogP contribution in [0.4, 0.5) is 0 Å². The molecule has 0 rings (SSSR count). The molecule has 0 saturated heterocycles. The molecule has 0 bridgehead atoms. The van der Waals surface area contributed by atoms with Gasteiger partial charge in [-0.05, 0) is 77.0 Å². The topological polar surface area (TPSA) is 95.9 Å². The molecule has 6 heteroatoms. The molecule has 3 unspecified atom stereocenters. The molecule has 0 aliphatic heterocycles. The van der Waals surface area contributed by atoms with Gasteiger partial charge in [0.15, 0.2) is 0 Å². The van der Waals surface area contributed by atoms with Crippen molar-refractivity contribution in [3.8, 4) is 0 Å². The molecule has 3 atom stereocenters. The minimum Gasteiger partial charge on any atom is -0.462 e. The largest absolute Gasteiger partial charge is 0.462 e. The molecule has 1 amide bonds. The van der Waals surface area contributed by atoms with Gasteiger partial charge in [0, 0.05) is 6.42 Å². The van der Waals surface area contributed by atoms with Crippen molar-refractivity contribution < 1.29 is 24.5 Å². The maximum Gasteiger partial charge on any atom is 0.306 e. The molecule has 6 nitrogen and oxygen atoms in total. The summed E-state index contributed by atoms with van der Waals surface area (Å²) in [6.07, 6.45) is 50.4. The zero-order valence-electron chi connectivity index (χ0n) is 36.3. The van der Waals surface area contributed by atoms with Gasteiger partial charge in [-0.15, -0.1) is 0 Å². The predicted molar refractivity (Wildman–Crippen MR) is 236 cm³/mol. The molecule has 0 fully saturated rings. The fraction of sp³-hybridized carbons (Fsp3) is 0.796. The van der Waals surface area contributed by atoms with E-state index in [-0.39, 0.29) is 24.9 Å². The second-order valence-corrected chi connectivity index (χ2v) is 15.8. The molecule has 0 aromatic heterocycles. The fourth-order valence-electron chi connectivity index (χ4n) is 6.86. The molecule has 0 radical (unpaired) electrons. The molecule has 0 aliphatic rings. The lowest BCUT2D eigenvalue weighted by molar-refractivity contribution is -0.151. The zero-order chi connectivity index (χ0) is 40.3. The van der Waals surface area contributed by atoms with Gasteiger partial charge in [-0.3, -0.25) is 9.59 Å². The second kappa shape index (κ2) is 43.0. The smallest absolute Gasteiger partial charge is 0.306 e. The number of unbranched alkanes of at least 4 members (excludes halogenated alkanes) is 21. The molecule has 0 aliphatic carbocycles. The number of amides is 1. The summed E-state index contributed by atoms with van der Waals surface area (Å²) in [4.78, 5) is 25.9. The zero-order valence-corrected chi connectivity index (χ0v) is 36.3. The predicted octanol–water partition coefficient (Wildman–Crippen LogP) is 13.5. The Balaban J connectivity index is 4.50. The number of aliphatic hydroxyl groups is 2. The number of nitrogens with one attached hydrogen (secondary N) is 1. The fourth-order valence-corrected chi connectivity index (χ4v) is 6.86. The lowest BCUT2D eigenvalue weighted by Gasteiger charge is -2.24. The molecule has 0 aromatic carbocycles. The van der Waals surface area contributed by atoms with Crippen LogP contribution in [0.1, 0.15) is 226 Å². The first-order chi connectivity index (χ1) is 27.0. The first-order valence-electron chi connectivity index (χ1n) is 23.4. The van der Waals surface area contributed by atoms with Gasteiger partial charge in [0.05, 0.1) is 25.2 Å². The number of hydrogen-bond acceptors (Lipinski definition) is 5. The Labute approximate surface area is 340 Å². The summed E-state index contributed by atoms with van der Waals surface area (Å²) in [6, 6.07) is -0.708. The van der Waals surface area contributed by atoms with Gasteiger partial charge in [-0.2, -0.15) is 0 Å². The van der Waals surface area contributed by atoms with Crippen LogP contribution in [0.15, 0.2) is 48.6 Å². The highest BCUT2D eigenvalue weighted by molar-refractivity contribution is 5.77. The third-order valence-corrected chi connectivity index (χ3v) is 10.4. The van der Waals surface area contributed by atoms with Gasteiger partial charge in [0.2, 0.25) is 5.91 Å². The summed E-state index contributed by atoms with van der Waals surface area (Å²) < 4.78 is 5.87. The maximum absolute atomic E-state index is 13.1. The minimum atomic E-state index is -0.793. The van der Waals surface area contributed by atoms with Gasteiger partial charge < -0.3 is 20.3 Å². The lowest BCUT2D eigenvalue weighted by Crippen LogP contribution is -2.46. The average Bonchev–Trinajstić information content (AvgIpc) is 3.18. The normalized spacial score (nSPS) is 13.8. The molecular weight excluding hydrogens is 683 g/mol. The Morgan fingerprint density at radius 1 is 0.545 bits per heavy atom. The van der Waals surface area contributed by atoms with Crippen molar-refractivity contribution in [3.63, 3.8) is 0 Å². The van der Waals surface area contributed by atoms with Crippen LogP contribution in [0, 0.1) is 0 Å². The van der Waals surface area contributed by atoms with E-state index in [2.05, 4.69) is 74.7 Å². The molecule has 320 valence electrons. The first-order valence-corrected chi connectivity index (χ1v) is 23.4. The van der Waals surface area contributed by atoms with Crippen molar-refractivity contribution in [2.24, 2.45) is 0 Å². The third-order valence-electron chi connectivity index (χ3n) is 10.4. The number of hydrogen-bond donors (Lipinski definition) is 3. The van der Waals surface area contributed by atoms with Gasteiger partial charge in [0.1, 0.15) is 6.10 Å². The molecular formula is C49H89NO5. The third kappa shape index (κ3) is 38.5. The lowest BCUT2D eigenvalue weighted by atomic mass is 10.0. The van der Waals surface area contributed by atoms with Crippen molar-refractivity contribution in [1.29, 1.82) is 0 Å². The van der Waals surface area contributed by atoms with Crippen LogP contribution >= 0.6 is 0 Å². The summed E-state index contributed by atoms with van der Waals surface area (Å²) in [6.45, 7) is 6.28. The summed E-state index contributed by atoms with van der Waals surface area (Å²) in [5.74, 6) is -0.520. The number of rotatable bonds is 41. The Hall–Kier alpha value is -2.18. The highest BCUT2D eigenvalue weighted by atomic mass is 16.5. The molecule has 0 heterocycles. The van der Waals surface area contributed by atoms with Crippen molar-refractivity contribution in [1.82, 2.24) is 5.32 Å². The Morgan fingerprint density at radius 2 is 1.02 bits per heavy atom. The number of carbonyl (C=O) groups is 2. The van der Waals surface area contributed by atoms with E-state index in [0.29, 0.717) is 19.3 Å².